The number of thiophene rings is 1. The minimum absolute atomic E-state index is 0.324. The quantitative estimate of drug-likeness (QED) is 0.377. The standard InChI is InChI=1S/C21H14Cl2FN3O3S/c1-11-17-9-18(31-20(17)27(26-11)16-4-2-14(24)3-5-16)21(29)30-10-19(28)25-15-7-12(22)6-13(23)8-15/h2-9H,10H2,1H3,(H,25,28). The Morgan fingerprint density at radius 3 is 2.48 bits per heavy atom. The van der Waals surface area contributed by atoms with Crippen molar-refractivity contribution in [2.24, 2.45) is 0 Å². The highest BCUT2D eigenvalue weighted by atomic mass is 35.5. The third kappa shape index (κ3) is 4.71. The molecule has 10 heteroatoms. The molecule has 31 heavy (non-hydrogen) atoms. The number of fused-ring (bicyclic) bond motifs is 1. The molecule has 0 saturated carbocycles. The number of esters is 1. The first-order valence-corrected chi connectivity index (χ1v) is 10.6. The number of nitrogens with zero attached hydrogens (tertiary/aromatic N) is 2. The fraction of sp³-hybridized carbons (Fsp3) is 0.0952. The van der Waals surface area contributed by atoms with Gasteiger partial charge in [-0.2, -0.15) is 5.10 Å². The van der Waals surface area contributed by atoms with E-state index in [1.54, 1.807) is 22.9 Å². The maximum Gasteiger partial charge on any atom is 0.348 e. The van der Waals surface area contributed by atoms with Crippen molar-refractivity contribution in [2.75, 3.05) is 11.9 Å². The number of anilines is 1. The molecule has 4 rings (SSSR count). The van der Waals surface area contributed by atoms with Gasteiger partial charge in [0.05, 0.1) is 11.4 Å². The summed E-state index contributed by atoms with van der Waals surface area (Å²) in [6, 6.07) is 12.1. The van der Waals surface area contributed by atoms with Crippen molar-refractivity contribution in [1.29, 1.82) is 0 Å². The van der Waals surface area contributed by atoms with E-state index in [1.165, 1.54) is 41.7 Å². The van der Waals surface area contributed by atoms with Crippen LogP contribution in [0.25, 0.3) is 15.9 Å². The number of halogens is 3. The van der Waals surface area contributed by atoms with Crippen LogP contribution in [0.3, 0.4) is 0 Å². The highest BCUT2D eigenvalue weighted by molar-refractivity contribution is 7.20. The molecule has 158 valence electrons. The average molecular weight is 478 g/mol. The van der Waals surface area contributed by atoms with Gasteiger partial charge in [0.25, 0.3) is 5.91 Å². The van der Waals surface area contributed by atoms with Crippen molar-refractivity contribution >= 4 is 62.3 Å². The molecular weight excluding hydrogens is 464 g/mol. The third-order valence-electron chi connectivity index (χ3n) is 4.30. The van der Waals surface area contributed by atoms with E-state index < -0.39 is 18.5 Å². The topological polar surface area (TPSA) is 73.2 Å². The minimum Gasteiger partial charge on any atom is -0.451 e. The second-order valence-corrected chi connectivity index (χ2v) is 8.49. The summed E-state index contributed by atoms with van der Waals surface area (Å²) in [6.45, 7) is 1.34. The Morgan fingerprint density at radius 1 is 1.13 bits per heavy atom. The predicted molar refractivity (Wildman–Crippen MR) is 119 cm³/mol. The molecule has 0 aliphatic rings. The molecule has 0 fully saturated rings. The first-order chi connectivity index (χ1) is 14.8. The van der Waals surface area contributed by atoms with Crippen molar-refractivity contribution in [3.8, 4) is 5.69 Å². The Balaban J connectivity index is 1.47. The zero-order chi connectivity index (χ0) is 22.1. The summed E-state index contributed by atoms with van der Waals surface area (Å²) in [4.78, 5) is 25.6. The molecule has 6 nitrogen and oxygen atoms in total. The first-order valence-electron chi connectivity index (χ1n) is 8.98. The number of rotatable bonds is 5. The van der Waals surface area contributed by atoms with Gasteiger partial charge in [-0.1, -0.05) is 23.2 Å². The lowest BCUT2D eigenvalue weighted by atomic mass is 10.3. The van der Waals surface area contributed by atoms with E-state index in [9.17, 15) is 14.0 Å². The Hall–Kier alpha value is -2.94. The number of amides is 1. The van der Waals surface area contributed by atoms with Gasteiger partial charge in [0.1, 0.15) is 15.5 Å². The highest BCUT2D eigenvalue weighted by Crippen LogP contribution is 2.31. The van der Waals surface area contributed by atoms with E-state index >= 15 is 0 Å². The van der Waals surface area contributed by atoms with E-state index in [0.29, 0.717) is 36.8 Å². The summed E-state index contributed by atoms with van der Waals surface area (Å²) in [6.07, 6.45) is 0. The number of hydrogen-bond acceptors (Lipinski definition) is 5. The summed E-state index contributed by atoms with van der Waals surface area (Å²) in [5.74, 6) is -1.51. The van der Waals surface area contributed by atoms with Crippen molar-refractivity contribution < 1.29 is 18.7 Å². The molecule has 0 saturated heterocycles. The van der Waals surface area contributed by atoms with Gasteiger partial charge in [-0.3, -0.25) is 4.79 Å². The largest absolute Gasteiger partial charge is 0.451 e. The molecule has 0 atom stereocenters. The smallest absolute Gasteiger partial charge is 0.348 e. The second-order valence-electron chi connectivity index (χ2n) is 6.59. The number of nitrogens with one attached hydrogen (secondary N) is 1. The maximum absolute atomic E-state index is 13.2. The van der Waals surface area contributed by atoms with Crippen LogP contribution in [-0.4, -0.2) is 28.3 Å². The summed E-state index contributed by atoms with van der Waals surface area (Å²) < 4.78 is 20.0. The number of aryl methyl sites for hydroxylation is 1. The number of ether oxygens (including phenoxy) is 1. The van der Waals surface area contributed by atoms with Gasteiger partial charge in [0.2, 0.25) is 0 Å². The highest BCUT2D eigenvalue weighted by Gasteiger charge is 2.19. The molecule has 4 aromatic rings. The molecule has 0 unspecified atom stereocenters. The van der Waals surface area contributed by atoms with Crippen LogP contribution in [0.2, 0.25) is 10.0 Å². The Morgan fingerprint density at radius 2 is 1.81 bits per heavy atom. The van der Waals surface area contributed by atoms with Crippen LogP contribution >= 0.6 is 34.5 Å². The van der Waals surface area contributed by atoms with Gasteiger partial charge in [0, 0.05) is 21.1 Å². The number of hydrogen-bond donors (Lipinski definition) is 1. The first kappa shape index (κ1) is 21.3. The van der Waals surface area contributed by atoms with E-state index in [1.807, 2.05) is 6.92 Å². The van der Waals surface area contributed by atoms with Crippen LogP contribution in [0.4, 0.5) is 10.1 Å². The van der Waals surface area contributed by atoms with Crippen LogP contribution < -0.4 is 5.32 Å². The summed E-state index contributed by atoms with van der Waals surface area (Å²) in [7, 11) is 0. The van der Waals surface area contributed by atoms with Crippen molar-refractivity contribution in [2.45, 2.75) is 6.92 Å². The molecule has 2 heterocycles. The van der Waals surface area contributed by atoms with Crippen LogP contribution in [0.15, 0.2) is 48.5 Å². The van der Waals surface area contributed by atoms with Crippen molar-refractivity contribution in [3.05, 3.63) is 75.0 Å². The summed E-state index contributed by atoms with van der Waals surface area (Å²) in [5, 5.41) is 8.54. The number of benzene rings is 2. The molecule has 0 spiro atoms. The van der Waals surface area contributed by atoms with E-state index in [4.69, 9.17) is 27.9 Å². The molecule has 0 aliphatic carbocycles. The Bertz CT molecular complexity index is 1280. The normalized spacial score (nSPS) is 11.0. The summed E-state index contributed by atoms with van der Waals surface area (Å²) >= 11 is 13.0. The number of aromatic nitrogens is 2. The molecule has 0 radical (unpaired) electrons. The van der Waals surface area contributed by atoms with Gasteiger partial charge in [-0.15, -0.1) is 11.3 Å². The van der Waals surface area contributed by atoms with Gasteiger partial charge in [0.15, 0.2) is 6.61 Å². The molecule has 2 aromatic heterocycles. The molecule has 0 aliphatic heterocycles. The lowest BCUT2D eigenvalue weighted by Crippen LogP contribution is -2.20. The maximum atomic E-state index is 13.2. The van der Waals surface area contributed by atoms with E-state index in [0.717, 1.165) is 5.39 Å². The van der Waals surface area contributed by atoms with Crippen molar-refractivity contribution in [1.82, 2.24) is 9.78 Å². The van der Waals surface area contributed by atoms with Crippen LogP contribution in [-0.2, 0) is 9.53 Å². The molecule has 1 N–H and O–H groups in total. The average Bonchev–Trinajstić information content (AvgIpc) is 3.27. The van der Waals surface area contributed by atoms with Crippen LogP contribution in [0.5, 0.6) is 0 Å². The van der Waals surface area contributed by atoms with E-state index in [2.05, 4.69) is 10.4 Å². The summed E-state index contributed by atoms with van der Waals surface area (Å²) in [5.41, 5.74) is 1.78. The second kappa shape index (κ2) is 8.66. The van der Waals surface area contributed by atoms with Gasteiger partial charge >= 0.3 is 5.97 Å². The molecule has 0 bridgehead atoms. The van der Waals surface area contributed by atoms with Crippen molar-refractivity contribution in [3.63, 3.8) is 0 Å². The van der Waals surface area contributed by atoms with E-state index in [-0.39, 0.29) is 5.82 Å². The third-order valence-corrected chi connectivity index (χ3v) is 5.82. The zero-order valence-corrected chi connectivity index (χ0v) is 18.3. The molecule has 1 amide bonds. The minimum atomic E-state index is -0.634. The fourth-order valence-corrected chi connectivity index (χ4v) is 4.53. The van der Waals surface area contributed by atoms with Crippen LogP contribution in [0, 0.1) is 12.7 Å². The molecule has 2 aromatic carbocycles. The lowest BCUT2D eigenvalue weighted by Gasteiger charge is -2.07. The number of carbonyl (C=O) groups is 2. The SMILES string of the molecule is Cc1nn(-c2ccc(F)cc2)c2sc(C(=O)OCC(=O)Nc3cc(Cl)cc(Cl)c3)cc12. The molecular formula is C21H14Cl2FN3O3S. The Labute approximate surface area is 190 Å². The lowest BCUT2D eigenvalue weighted by molar-refractivity contribution is -0.119. The predicted octanol–water partition coefficient (Wildman–Crippen LogP) is 5.64. The number of carbonyl (C=O) groups excluding carboxylic acids is 2. The van der Waals surface area contributed by atoms with Gasteiger partial charge < -0.3 is 10.1 Å². The van der Waals surface area contributed by atoms with Gasteiger partial charge in [-0.05, 0) is 55.5 Å². The zero-order valence-electron chi connectivity index (χ0n) is 16.0. The van der Waals surface area contributed by atoms with Gasteiger partial charge in [-0.25, -0.2) is 13.9 Å². The fourth-order valence-electron chi connectivity index (χ4n) is 2.93. The monoisotopic (exact) mass is 477 g/mol. The van der Waals surface area contributed by atoms with Crippen LogP contribution in [0.1, 0.15) is 15.4 Å². The Kier molecular flexibility index (Phi) is 5.95.